The first-order valence-corrected chi connectivity index (χ1v) is 6.14. The SMILES string of the molecule is COc1cc(N)ccc1OCc1cncc(Br)c1. The van der Waals surface area contributed by atoms with E-state index in [1.165, 1.54) is 0 Å². The van der Waals surface area contributed by atoms with E-state index >= 15 is 0 Å². The predicted octanol–water partition coefficient (Wildman–Crippen LogP) is 3.01. The van der Waals surface area contributed by atoms with Crippen LogP contribution in [0.5, 0.6) is 11.5 Å². The van der Waals surface area contributed by atoms with Crippen LogP contribution < -0.4 is 15.2 Å². The van der Waals surface area contributed by atoms with Gasteiger partial charge in [-0.05, 0) is 34.1 Å². The summed E-state index contributed by atoms with van der Waals surface area (Å²) in [5, 5.41) is 0. The van der Waals surface area contributed by atoms with Crippen LogP contribution in [0.1, 0.15) is 5.56 Å². The second-order valence-electron chi connectivity index (χ2n) is 3.71. The molecule has 2 aromatic rings. The Hall–Kier alpha value is -1.75. The number of rotatable bonds is 4. The Morgan fingerprint density at radius 3 is 2.78 bits per heavy atom. The summed E-state index contributed by atoms with van der Waals surface area (Å²) in [4.78, 5) is 4.08. The van der Waals surface area contributed by atoms with Gasteiger partial charge in [-0.15, -0.1) is 0 Å². The molecule has 1 heterocycles. The van der Waals surface area contributed by atoms with Crippen molar-refractivity contribution >= 4 is 21.6 Å². The van der Waals surface area contributed by atoms with Crippen LogP contribution in [0.15, 0.2) is 41.1 Å². The number of anilines is 1. The fraction of sp³-hybridized carbons (Fsp3) is 0.154. The standard InChI is InChI=1S/C13H13BrN2O2/c1-17-13-5-11(15)2-3-12(13)18-8-9-4-10(14)7-16-6-9/h2-7H,8,15H2,1H3. The summed E-state index contributed by atoms with van der Waals surface area (Å²) in [6, 6.07) is 7.25. The molecule has 0 atom stereocenters. The van der Waals surface area contributed by atoms with Gasteiger partial charge in [-0.2, -0.15) is 0 Å². The van der Waals surface area contributed by atoms with Crippen LogP contribution >= 0.6 is 15.9 Å². The first-order valence-electron chi connectivity index (χ1n) is 5.35. The maximum atomic E-state index is 5.68. The highest BCUT2D eigenvalue weighted by Crippen LogP contribution is 2.29. The predicted molar refractivity (Wildman–Crippen MR) is 73.7 cm³/mol. The van der Waals surface area contributed by atoms with Crippen molar-refractivity contribution < 1.29 is 9.47 Å². The van der Waals surface area contributed by atoms with E-state index in [4.69, 9.17) is 15.2 Å². The van der Waals surface area contributed by atoms with Gasteiger partial charge >= 0.3 is 0 Å². The van der Waals surface area contributed by atoms with E-state index < -0.39 is 0 Å². The summed E-state index contributed by atoms with van der Waals surface area (Å²) in [6.07, 6.45) is 3.49. The summed E-state index contributed by atoms with van der Waals surface area (Å²) < 4.78 is 11.8. The number of nitrogens with two attached hydrogens (primary N) is 1. The molecular formula is C13H13BrN2O2. The summed E-state index contributed by atoms with van der Waals surface area (Å²) in [5.41, 5.74) is 7.30. The number of nitrogens with zero attached hydrogens (tertiary/aromatic N) is 1. The van der Waals surface area contributed by atoms with Gasteiger partial charge in [-0.25, -0.2) is 0 Å². The average molecular weight is 309 g/mol. The summed E-state index contributed by atoms with van der Waals surface area (Å²) >= 11 is 3.37. The summed E-state index contributed by atoms with van der Waals surface area (Å²) in [7, 11) is 1.59. The lowest BCUT2D eigenvalue weighted by molar-refractivity contribution is 0.284. The Bertz CT molecular complexity index is 546. The minimum atomic E-state index is 0.423. The second-order valence-corrected chi connectivity index (χ2v) is 4.63. The van der Waals surface area contributed by atoms with Gasteiger partial charge in [0.15, 0.2) is 11.5 Å². The summed E-state index contributed by atoms with van der Waals surface area (Å²) in [6.45, 7) is 0.423. The van der Waals surface area contributed by atoms with E-state index in [0.717, 1.165) is 10.0 Å². The molecule has 0 aliphatic heterocycles. The number of benzene rings is 1. The molecule has 4 nitrogen and oxygen atoms in total. The number of hydrogen-bond acceptors (Lipinski definition) is 4. The lowest BCUT2D eigenvalue weighted by Gasteiger charge is -2.11. The number of methoxy groups -OCH3 is 1. The topological polar surface area (TPSA) is 57.4 Å². The maximum Gasteiger partial charge on any atom is 0.162 e. The van der Waals surface area contributed by atoms with E-state index in [-0.39, 0.29) is 0 Å². The third-order valence-corrected chi connectivity index (χ3v) is 2.78. The minimum absolute atomic E-state index is 0.423. The molecule has 0 saturated heterocycles. The quantitative estimate of drug-likeness (QED) is 0.882. The van der Waals surface area contributed by atoms with E-state index in [1.807, 2.05) is 6.07 Å². The highest BCUT2D eigenvalue weighted by atomic mass is 79.9. The number of ether oxygens (including phenoxy) is 2. The van der Waals surface area contributed by atoms with Crippen LogP contribution in [-0.2, 0) is 6.61 Å². The third kappa shape index (κ3) is 3.13. The van der Waals surface area contributed by atoms with Crippen molar-refractivity contribution in [2.75, 3.05) is 12.8 Å². The lowest BCUT2D eigenvalue weighted by atomic mass is 10.2. The molecule has 0 aliphatic carbocycles. The van der Waals surface area contributed by atoms with E-state index in [2.05, 4.69) is 20.9 Å². The van der Waals surface area contributed by atoms with Crippen LogP contribution in [-0.4, -0.2) is 12.1 Å². The molecule has 0 radical (unpaired) electrons. The van der Waals surface area contributed by atoms with Crippen molar-refractivity contribution in [2.24, 2.45) is 0 Å². The summed E-state index contributed by atoms with van der Waals surface area (Å²) in [5.74, 6) is 1.28. The molecule has 18 heavy (non-hydrogen) atoms. The number of halogens is 1. The fourth-order valence-electron chi connectivity index (χ4n) is 1.50. The van der Waals surface area contributed by atoms with Gasteiger partial charge in [0.2, 0.25) is 0 Å². The molecular weight excluding hydrogens is 296 g/mol. The molecule has 2 rings (SSSR count). The lowest BCUT2D eigenvalue weighted by Crippen LogP contribution is -1.99. The monoisotopic (exact) mass is 308 g/mol. The minimum Gasteiger partial charge on any atom is -0.493 e. The van der Waals surface area contributed by atoms with Gasteiger partial charge in [0.05, 0.1) is 7.11 Å². The third-order valence-electron chi connectivity index (χ3n) is 2.34. The zero-order valence-corrected chi connectivity index (χ0v) is 11.5. The Labute approximate surface area is 114 Å². The number of hydrogen-bond donors (Lipinski definition) is 1. The Balaban J connectivity index is 2.10. The first kappa shape index (κ1) is 12.7. The normalized spacial score (nSPS) is 10.1. The van der Waals surface area contributed by atoms with Crippen molar-refractivity contribution in [3.63, 3.8) is 0 Å². The van der Waals surface area contributed by atoms with Crippen LogP contribution in [0.4, 0.5) is 5.69 Å². The molecule has 5 heteroatoms. The highest BCUT2D eigenvalue weighted by molar-refractivity contribution is 9.10. The van der Waals surface area contributed by atoms with Crippen molar-refractivity contribution in [3.05, 3.63) is 46.7 Å². The van der Waals surface area contributed by atoms with Gasteiger partial charge in [-0.1, -0.05) is 0 Å². The molecule has 0 amide bonds. The van der Waals surface area contributed by atoms with Gasteiger partial charge in [0.1, 0.15) is 6.61 Å². The van der Waals surface area contributed by atoms with Gasteiger partial charge in [-0.3, -0.25) is 4.98 Å². The Kier molecular flexibility index (Phi) is 4.04. The maximum absolute atomic E-state index is 5.68. The van der Waals surface area contributed by atoms with Crippen LogP contribution in [0.2, 0.25) is 0 Å². The smallest absolute Gasteiger partial charge is 0.162 e. The first-order chi connectivity index (χ1) is 8.69. The number of nitrogen functional groups attached to an aromatic ring is 1. The van der Waals surface area contributed by atoms with Crippen molar-refractivity contribution in [3.8, 4) is 11.5 Å². The largest absolute Gasteiger partial charge is 0.493 e. The number of aromatic nitrogens is 1. The molecule has 0 spiro atoms. The molecule has 1 aromatic heterocycles. The highest BCUT2D eigenvalue weighted by Gasteiger charge is 2.05. The van der Waals surface area contributed by atoms with E-state index in [0.29, 0.717) is 23.8 Å². The Morgan fingerprint density at radius 1 is 1.22 bits per heavy atom. The van der Waals surface area contributed by atoms with Gasteiger partial charge in [0, 0.05) is 34.2 Å². The van der Waals surface area contributed by atoms with Gasteiger partial charge in [0.25, 0.3) is 0 Å². The fourth-order valence-corrected chi connectivity index (χ4v) is 1.91. The zero-order valence-electron chi connectivity index (χ0n) is 9.89. The van der Waals surface area contributed by atoms with Crippen molar-refractivity contribution in [1.82, 2.24) is 4.98 Å². The van der Waals surface area contributed by atoms with Crippen LogP contribution in [0, 0.1) is 0 Å². The molecule has 1 aromatic carbocycles. The molecule has 0 bridgehead atoms. The Morgan fingerprint density at radius 2 is 2.06 bits per heavy atom. The second kappa shape index (κ2) is 5.73. The van der Waals surface area contributed by atoms with Crippen molar-refractivity contribution in [2.45, 2.75) is 6.61 Å². The average Bonchev–Trinajstić information content (AvgIpc) is 2.37. The van der Waals surface area contributed by atoms with Crippen LogP contribution in [0.3, 0.4) is 0 Å². The van der Waals surface area contributed by atoms with E-state index in [9.17, 15) is 0 Å². The molecule has 94 valence electrons. The van der Waals surface area contributed by atoms with Gasteiger partial charge < -0.3 is 15.2 Å². The molecule has 0 aliphatic rings. The molecule has 0 unspecified atom stereocenters. The van der Waals surface area contributed by atoms with Crippen molar-refractivity contribution in [1.29, 1.82) is 0 Å². The molecule has 0 fully saturated rings. The van der Waals surface area contributed by atoms with Crippen LogP contribution in [0.25, 0.3) is 0 Å². The number of pyridine rings is 1. The van der Waals surface area contributed by atoms with E-state index in [1.54, 1.807) is 37.7 Å². The zero-order chi connectivity index (χ0) is 13.0. The molecule has 2 N–H and O–H groups in total. The molecule has 0 saturated carbocycles.